The highest BCUT2D eigenvalue weighted by molar-refractivity contribution is 4.97. The van der Waals surface area contributed by atoms with Gasteiger partial charge in [0.15, 0.2) is 0 Å². The van der Waals surface area contributed by atoms with Crippen molar-refractivity contribution in [3.63, 3.8) is 0 Å². The lowest BCUT2D eigenvalue weighted by Crippen LogP contribution is -2.39. The van der Waals surface area contributed by atoms with Crippen LogP contribution in [0, 0.1) is 0 Å². The van der Waals surface area contributed by atoms with Crippen LogP contribution in [0.3, 0.4) is 0 Å². The molecule has 1 aliphatic heterocycles. The van der Waals surface area contributed by atoms with E-state index >= 15 is 0 Å². The van der Waals surface area contributed by atoms with E-state index in [4.69, 9.17) is 0 Å². The van der Waals surface area contributed by atoms with Crippen molar-refractivity contribution < 1.29 is 0 Å². The quantitative estimate of drug-likeness (QED) is 0.114. The average Bonchev–Trinajstić information content (AvgIpc) is 3.23. The lowest BCUT2D eigenvalue weighted by molar-refractivity contribution is 0.135. The van der Waals surface area contributed by atoms with Gasteiger partial charge < -0.3 is 9.80 Å². The summed E-state index contributed by atoms with van der Waals surface area (Å²) in [6.07, 6.45) is 39.5. The van der Waals surface area contributed by atoms with Crippen LogP contribution in [0.25, 0.3) is 0 Å². The van der Waals surface area contributed by atoms with Crippen LogP contribution in [0.15, 0.2) is 12.4 Å². The van der Waals surface area contributed by atoms with Crippen molar-refractivity contribution in [1.82, 2.24) is 9.80 Å². The lowest BCUT2D eigenvalue weighted by Gasteiger charge is -2.33. The summed E-state index contributed by atoms with van der Waals surface area (Å²) >= 11 is 0. The Labute approximate surface area is 216 Å². The third kappa shape index (κ3) is 16.9. The molecule has 1 atom stereocenters. The number of nitrogens with zero attached hydrogens (tertiary/aromatic N) is 2. The number of hydrogen-bond donors (Lipinski definition) is 0. The summed E-state index contributed by atoms with van der Waals surface area (Å²) in [5.41, 5.74) is 0. The van der Waals surface area contributed by atoms with E-state index in [1.807, 2.05) is 0 Å². The maximum atomic E-state index is 2.68. The minimum atomic E-state index is 0.643. The van der Waals surface area contributed by atoms with Crippen LogP contribution in [0.2, 0.25) is 0 Å². The molecular weight excluding hydrogens is 412 g/mol. The first-order valence-corrected chi connectivity index (χ1v) is 16.0. The van der Waals surface area contributed by atoms with Gasteiger partial charge in [-0.15, -0.1) is 0 Å². The van der Waals surface area contributed by atoms with Gasteiger partial charge in [-0.25, -0.2) is 0 Å². The highest BCUT2D eigenvalue weighted by atomic mass is 15.4. The molecule has 0 N–H and O–H groups in total. The first-order valence-electron chi connectivity index (χ1n) is 16.0. The minimum absolute atomic E-state index is 0.643. The Morgan fingerprint density at radius 2 is 0.676 bits per heavy atom. The molecule has 1 heterocycles. The van der Waals surface area contributed by atoms with Gasteiger partial charge in [-0.2, -0.15) is 0 Å². The Morgan fingerprint density at radius 1 is 0.382 bits per heavy atom. The van der Waals surface area contributed by atoms with Gasteiger partial charge in [0.2, 0.25) is 0 Å². The van der Waals surface area contributed by atoms with Gasteiger partial charge in [-0.3, -0.25) is 0 Å². The van der Waals surface area contributed by atoms with Crippen LogP contribution in [0.4, 0.5) is 0 Å². The highest BCUT2D eigenvalue weighted by Crippen LogP contribution is 2.24. The Balaban J connectivity index is 2.17. The van der Waals surface area contributed by atoms with E-state index in [2.05, 4.69) is 43.0 Å². The number of rotatable bonds is 26. The fraction of sp³-hybridized carbons (Fsp3) is 0.938. The first-order chi connectivity index (χ1) is 16.8. The van der Waals surface area contributed by atoms with Gasteiger partial charge in [0.25, 0.3) is 0 Å². The summed E-state index contributed by atoms with van der Waals surface area (Å²) in [5, 5.41) is 0. The highest BCUT2D eigenvalue weighted by Gasteiger charge is 2.24. The van der Waals surface area contributed by atoms with E-state index < -0.39 is 0 Å². The molecule has 1 rings (SSSR count). The second kappa shape index (κ2) is 24.1. The molecule has 2 heteroatoms. The van der Waals surface area contributed by atoms with Crippen LogP contribution in [-0.2, 0) is 0 Å². The van der Waals surface area contributed by atoms with E-state index in [0.717, 1.165) is 0 Å². The predicted octanol–water partition coefficient (Wildman–Crippen LogP) is 10.8. The Hall–Kier alpha value is -0.660. The molecule has 2 nitrogen and oxygen atoms in total. The molecule has 0 bridgehead atoms. The summed E-state index contributed by atoms with van der Waals surface area (Å²) in [6, 6.07) is 0. The van der Waals surface area contributed by atoms with E-state index in [1.165, 1.54) is 167 Å². The first kappa shape index (κ1) is 31.4. The molecule has 0 spiro atoms. The van der Waals surface area contributed by atoms with Gasteiger partial charge in [-0.1, -0.05) is 149 Å². The monoisotopic (exact) mass is 477 g/mol. The molecule has 0 aliphatic carbocycles. The summed E-state index contributed by atoms with van der Waals surface area (Å²) in [7, 11) is 0. The maximum absolute atomic E-state index is 2.68. The molecular formula is C32H64N2. The summed E-state index contributed by atoms with van der Waals surface area (Å²) < 4.78 is 0. The fourth-order valence-electron chi connectivity index (χ4n) is 5.48. The Kier molecular flexibility index (Phi) is 22.2. The van der Waals surface area contributed by atoms with Crippen molar-refractivity contribution in [2.24, 2.45) is 0 Å². The van der Waals surface area contributed by atoms with E-state index in [9.17, 15) is 0 Å². The van der Waals surface area contributed by atoms with Gasteiger partial charge in [0.05, 0.1) is 0 Å². The molecule has 0 amide bonds. The van der Waals surface area contributed by atoms with Gasteiger partial charge in [-0.05, 0) is 25.7 Å². The molecule has 0 aromatic heterocycles. The largest absolute Gasteiger partial charge is 0.356 e. The van der Waals surface area contributed by atoms with E-state index in [1.54, 1.807) is 0 Å². The van der Waals surface area contributed by atoms with Crippen molar-refractivity contribution in [2.45, 2.75) is 181 Å². The van der Waals surface area contributed by atoms with Crippen LogP contribution in [0.5, 0.6) is 0 Å². The molecule has 0 saturated carbocycles. The number of hydrogen-bond acceptors (Lipinski definition) is 2. The van der Waals surface area contributed by atoms with Crippen molar-refractivity contribution >= 4 is 0 Å². The zero-order chi connectivity index (χ0) is 24.5. The van der Waals surface area contributed by atoms with Crippen LogP contribution < -0.4 is 0 Å². The van der Waals surface area contributed by atoms with Crippen LogP contribution >= 0.6 is 0 Å². The molecule has 0 fully saturated rings. The van der Waals surface area contributed by atoms with E-state index in [-0.39, 0.29) is 0 Å². The third-order valence-electron chi connectivity index (χ3n) is 7.82. The van der Waals surface area contributed by atoms with Gasteiger partial charge in [0.1, 0.15) is 6.17 Å². The smallest absolute Gasteiger partial charge is 0.101 e. The molecule has 0 aromatic carbocycles. The summed E-state index contributed by atoms with van der Waals surface area (Å²) in [6.45, 7) is 9.45. The zero-order valence-electron chi connectivity index (χ0n) is 24.0. The minimum Gasteiger partial charge on any atom is -0.356 e. The van der Waals surface area contributed by atoms with Gasteiger partial charge in [0, 0.05) is 25.5 Å². The topological polar surface area (TPSA) is 6.48 Å². The Morgan fingerprint density at radius 3 is 1.09 bits per heavy atom. The van der Waals surface area contributed by atoms with Gasteiger partial charge >= 0.3 is 0 Å². The molecule has 202 valence electrons. The maximum Gasteiger partial charge on any atom is 0.101 e. The van der Waals surface area contributed by atoms with Crippen molar-refractivity contribution in [1.29, 1.82) is 0 Å². The second-order valence-electron chi connectivity index (χ2n) is 11.1. The molecule has 1 unspecified atom stereocenters. The van der Waals surface area contributed by atoms with Crippen LogP contribution in [-0.4, -0.2) is 29.1 Å². The van der Waals surface area contributed by atoms with Crippen molar-refractivity contribution in [2.75, 3.05) is 13.1 Å². The molecule has 0 radical (unpaired) electrons. The van der Waals surface area contributed by atoms with Crippen molar-refractivity contribution in [3.05, 3.63) is 12.4 Å². The fourth-order valence-corrected chi connectivity index (χ4v) is 5.48. The summed E-state index contributed by atoms with van der Waals surface area (Å²) in [5.74, 6) is 0. The molecule has 34 heavy (non-hydrogen) atoms. The standard InChI is InChI=1S/C32H64N2/c1-4-7-10-12-14-16-17-18-20-22-24-27-32-33(28-25-9-6-3)30-31-34(32)29-26-23-21-19-15-13-11-8-5-2/h30-32H,4-29H2,1-3H3. The molecule has 1 aliphatic rings. The third-order valence-corrected chi connectivity index (χ3v) is 7.82. The molecule has 0 saturated heterocycles. The SMILES string of the molecule is CCCCCCCCCCCCCC1N(CCCCC)C=CN1CCCCCCCCCCC. The van der Waals surface area contributed by atoms with Crippen molar-refractivity contribution in [3.8, 4) is 0 Å². The molecule has 0 aromatic rings. The zero-order valence-corrected chi connectivity index (χ0v) is 24.0. The number of unbranched alkanes of at least 4 members (excludes halogenated alkanes) is 20. The predicted molar refractivity (Wildman–Crippen MR) is 154 cm³/mol. The average molecular weight is 477 g/mol. The van der Waals surface area contributed by atoms with Crippen LogP contribution in [0.1, 0.15) is 175 Å². The van der Waals surface area contributed by atoms with E-state index in [0.29, 0.717) is 6.17 Å². The second-order valence-corrected chi connectivity index (χ2v) is 11.1. The Bertz CT molecular complexity index is 433. The summed E-state index contributed by atoms with van der Waals surface area (Å²) in [4.78, 5) is 5.35. The normalized spacial score (nSPS) is 15.7. The lowest BCUT2D eigenvalue weighted by atomic mass is 10.0.